The molecule has 5 nitrogen and oxygen atoms in total. The second kappa shape index (κ2) is 9.45. The topological polar surface area (TPSA) is 84.2 Å². The molecule has 0 saturated carbocycles. The van der Waals surface area contributed by atoms with Crippen LogP contribution in [0.15, 0.2) is 0 Å². The Kier molecular flexibility index (Phi) is 8.76. The zero-order valence-corrected chi connectivity index (χ0v) is 9.34. The third kappa shape index (κ3) is 10.8. The summed E-state index contributed by atoms with van der Waals surface area (Å²) in [6.45, 7) is 3.88. The maximum Gasteiger partial charge on any atom is 0.233 e. The van der Waals surface area contributed by atoms with Crippen LogP contribution in [0.25, 0.3) is 0 Å². The van der Waals surface area contributed by atoms with Crippen molar-refractivity contribution >= 4 is 11.8 Å². The second-order valence-electron chi connectivity index (χ2n) is 3.45. The molecule has 5 heteroatoms. The van der Waals surface area contributed by atoms with Gasteiger partial charge in [-0.1, -0.05) is 6.92 Å². The Hall–Kier alpha value is -1.10. The molecule has 0 aliphatic carbocycles. The second-order valence-corrected chi connectivity index (χ2v) is 3.45. The van der Waals surface area contributed by atoms with Crippen molar-refractivity contribution in [1.29, 1.82) is 0 Å². The molecule has 15 heavy (non-hydrogen) atoms. The average Bonchev–Trinajstić information content (AvgIpc) is 2.17. The standard InChI is InChI=1S/C10H21N3O2/c1-2-6-12-8-10(15)13-7-4-3-5-9(11)14/h12H,2-8H2,1H3,(H2,11,14)(H,13,15). The SMILES string of the molecule is CCCNCC(=O)NCCCCC(N)=O. The van der Waals surface area contributed by atoms with Crippen LogP contribution in [-0.4, -0.2) is 31.4 Å². The van der Waals surface area contributed by atoms with E-state index in [-0.39, 0.29) is 11.8 Å². The van der Waals surface area contributed by atoms with Crippen LogP contribution in [0.4, 0.5) is 0 Å². The predicted molar refractivity (Wildman–Crippen MR) is 59.2 cm³/mol. The van der Waals surface area contributed by atoms with Crippen molar-refractivity contribution in [2.75, 3.05) is 19.6 Å². The van der Waals surface area contributed by atoms with Crippen LogP contribution in [-0.2, 0) is 9.59 Å². The highest BCUT2D eigenvalue weighted by Gasteiger charge is 1.99. The van der Waals surface area contributed by atoms with Gasteiger partial charge in [-0.15, -0.1) is 0 Å². The van der Waals surface area contributed by atoms with Gasteiger partial charge in [-0.25, -0.2) is 0 Å². The highest BCUT2D eigenvalue weighted by molar-refractivity contribution is 5.77. The smallest absolute Gasteiger partial charge is 0.233 e. The van der Waals surface area contributed by atoms with E-state index in [9.17, 15) is 9.59 Å². The van der Waals surface area contributed by atoms with Gasteiger partial charge in [0.15, 0.2) is 0 Å². The lowest BCUT2D eigenvalue weighted by Crippen LogP contribution is -2.34. The van der Waals surface area contributed by atoms with E-state index in [1.54, 1.807) is 0 Å². The number of primary amides is 1. The van der Waals surface area contributed by atoms with Gasteiger partial charge >= 0.3 is 0 Å². The largest absolute Gasteiger partial charge is 0.370 e. The van der Waals surface area contributed by atoms with Crippen molar-refractivity contribution in [3.63, 3.8) is 0 Å². The number of hydrogen-bond acceptors (Lipinski definition) is 3. The number of hydrogen-bond donors (Lipinski definition) is 3. The molecule has 0 aromatic heterocycles. The molecule has 0 aromatic rings. The zero-order valence-electron chi connectivity index (χ0n) is 9.34. The first kappa shape index (κ1) is 13.9. The van der Waals surface area contributed by atoms with Gasteiger partial charge in [0.25, 0.3) is 0 Å². The zero-order chi connectivity index (χ0) is 11.5. The van der Waals surface area contributed by atoms with Crippen LogP contribution in [0.5, 0.6) is 0 Å². The molecule has 0 atom stereocenters. The first-order chi connectivity index (χ1) is 7.16. The van der Waals surface area contributed by atoms with Crippen LogP contribution in [0, 0.1) is 0 Å². The maximum atomic E-state index is 11.1. The Morgan fingerprint density at radius 2 is 1.93 bits per heavy atom. The Labute approximate surface area is 90.8 Å². The molecular weight excluding hydrogens is 194 g/mol. The number of nitrogens with two attached hydrogens (primary N) is 1. The fourth-order valence-corrected chi connectivity index (χ4v) is 1.09. The quantitative estimate of drug-likeness (QED) is 0.464. The number of carbonyl (C=O) groups excluding carboxylic acids is 2. The molecule has 2 amide bonds. The lowest BCUT2D eigenvalue weighted by molar-refractivity contribution is -0.120. The minimum atomic E-state index is -0.286. The van der Waals surface area contributed by atoms with E-state index in [1.165, 1.54) is 0 Å². The minimum Gasteiger partial charge on any atom is -0.370 e. The van der Waals surface area contributed by atoms with Crippen molar-refractivity contribution in [3.8, 4) is 0 Å². The van der Waals surface area contributed by atoms with Gasteiger partial charge in [-0.05, 0) is 25.8 Å². The van der Waals surface area contributed by atoms with E-state index in [2.05, 4.69) is 17.6 Å². The maximum absolute atomic E-state index is 11.1. The average molecular weight is 215 g/mol. The van der Waals surface area contributed by atoms with Gasteiger partial charge in [0.2, 0.25) is 11.8 Å². The summed E-state index contributed by atoms with van der Waals surface area (Å²) in [5.74, 6) is -0.284. The fourth-order valence-electron chi connectivity index (χ4n) is 1.09. The number of amides is 2. The van der Waals surface area contributed by atoms with E-state index in [0.29, 0.717) is 19.5 Å². The number of unbranched alkanes of at least 4 members (excludes halogenated alkanes) is 1. The predicted octanol–water partition coefficient (Wildman–Crippen LogP) is -0.242. The van der Waals surface area contributed by atoms with Gasteiger partial charge in [-0.2, -0.15) is 0 Å². The molecule has 0 spiro atoms. The van der Waals surface area contributed by atoms with E-state index >= 15 is 0 Å². The monoisotopic (exact) mass is 215 g/mol. The molecule has 0 aliphatic heterocycles. The van der Waals surface area contributed by atoms with E-state index < -0.39 is 0 Å². The highest BCUT2D eigenvalue weighted by atomic mass is 16.2. The molecule has 0 rings (SSSR count). The fraction of sp³-hybridized carbons (Fsp3) is 0.800. The summed E-state index contributed by atoms with van der Waals surface area (Å²) in [6, 6.07) is 0. The summed E-state index contributed by atoms with van der Waals surface area (Å²) in [6.07, 6.45) is 2.94. The normalized spacial score (nSPS) is 9.93. The van der Waals surface area contributed by atoms with E-state index in [1.807, 2.05) is 0 Å². The molecule has 0 radical (unpaired) electrons. The highest BCUT2D eigenvalue weighted by Crippen LogP contribution is 1.91. The first-order valence-electron chi connectivity index (χ1n) is 5.42. The molecule has 0 aliphatic rings. The van der Waals surface area contributed by atoms with Crippen LogP contribution in [0.1, 0.15) is 32.6 Å². The molecule has 0 aromatic carbocycles. The summed E-state index contributed by atoms with van der Waals surface area (Å²) < 4.78 is 0. The van der Waals surface area contributed by atoms with Crippen LogP contribution in [0.2, 0.25) is 0 Å². The number of carbonyl (C=O) groups is 2. The molecular formula is C10H21N3O2. The summed E-state index contributed by atoms with van der Waals surface area (Å²) in [7, 11) is 0. The molecule has 4 N–H and O–H groups in total. The summed E-state index contributed by atoms with van der Waals surface area (Å²) in [5.41, 5.74) is 4.98. The van der Waals surface area contributed by atoms with Crippen molar-refractivity contribution in [3.05, 3.63) is 0 Å². The van der Waals surface area contributed by atoms with Gasteiger partial charge in [0, 0.05) is 13.0 Å². The van der Waals surface area contributed by atoms with Crippen LogP contribution in [0.3, 0.4) is 0 Å². The Bertz CT molecular complexity index is 195. The number of rotatable bonds is 9. The summed E-state index contributed by atoms with van der Waals surface area (Å²) >= 11 is 0. The lowest BCUT2D eigenvalue weighted by Gasteiger charge is -2.05. The molecule has 0 fully saturated rings. The van der Waals surface area contributed by atoms with Crippen molar-refractivity contribution in [2.24, 2.45) is 5.73 Å². The number of nitrogens with one attached hydrogen (secondary N) is 2. The van der Waals surface area contributed by atoms with E-state index in [0.717, 1.165) is 25.8 Å². The Balaban J connectivity index is 3.20. The van der Waals surface area contributed by atoms with Gasteiger partial charge in [-0.3, -0.25) is 9.59 Å². The van der Waals surface area contributed by atoms with Gasteiger partial charge < -0.3 is 16.4 Å². The van der Waals surface area contributed by atoms with Crippen LogP contribution < -0.4 is 16.4 Å². The minimum absolute atomic E-state index is 0.00234. The van der Waals surface area contributed by atoms with Crippen molar-refractivity contribution in [2.45, 2.75) is 32.6 Å². The molecule has 0 heterocycles. The summed E-state index contributed by atoms with van der Waals surface area (Å²) in [5, 5.41) is 5.77. The Morgan fingerprint density at radius 1 is 1.20 bits per heavy atom. The third-order valence-electron chi connectivity index (χ3n) is 1.88. The molecule has 0 saturated heterocycles. The van der Waals surface area contributed by atoms with Crippen molar-refractivity contribution in [1.82, 2.24) is 10.6 Å². The van der Waals surface area contributed by atoms with Crippen LogP contribution >= 0.6 is 0 Å². The van der Waals surface area contributed by atoms with Gasteiger partial charge in [0.1, 0.15) is 0 Å². The summed E-state index contributed by atoms with van der Waals surface area (Å²) in [4.78, 5) is 21.5. The van der Waals surface area contributed by atoms with Crippen molar-refractivity contribution < 1.29 is 9.59 Å². The third-order valence-corrected chi connectivity index (χ3v) is 1.88. The van der Waals surface area contributed by atoms with Gasteiger partial charge in [0.05, 0.1) is 6.54 Å². The Morgan fingerprint density at radius 3 is 2.53 bits per heavy atom. The first-order valence-corrected chi connectivity index (χ1v) is 5.42. The lowest BCUT2D eigenvalue weighted by atomic mass is 10.2. The van der Waals surface area contributed by atoms with E-state index in [4.69, 9.17) is 5.73 Å². The molecule has 0 bridgehead atoms. The molecule has 88 valence electrons. The molecule has 0 unspecified atom stereocenters.